The predicted molar refractivity (Wildman–Crippen MR) is 63.4 cm³/mol. The molecule has 0 radical (unpaired) electrons. The van der Waals surface area contributed by atoms with Gasteiger partial charge in [-0.3, -0.25) is 0 Å². The molecular formula is C13H21N3. The molecule has 0 aliphatic heterocycles. The Labute approximate surface area is 97.3 Å². The fourth-order valence-corrected chi connectivity index (χ4v) is 2.89. The van der Waals surface area contributed by atoms with Crippen molar-refractivity contribution in [2.75, 3.05) is 0 Å². The van der Waals surface area contributed by atoms with Crippen molar-refractivity contribution in [1.82, 2.24) is 14.8 Å². The summed E-state index contributed by atoms with van der Waals surface area (Å²) in [4.78, 5) is 0. The minimum absolute atomic E-state index is 0.684. The summed E-state index contributed by atoms with van der Waals surface area (Å²) >= 11 is 0. The Morgan fingerprint density at radius 1 is 0.938 bits per heavy atom. The van der Waals surface area contributed by atoms with Gasteiger partial charge in [-0.1, -0.05) is 32.1 Å². The van der Waals surface area contributed by atoms with Gasteiger partial charge in [0.25, 0.3) is 0 Å². The van der Waals surface area contributed by atoms with Crippen molar-refractivity contribution in [3.8, 4) is 0 Å². The molecule has 0 aromatic carbocycles. The molecule has 2 fully saturated rings. The fourth-order valence-electron chi connectivity index (χ4n) is 2.89. The first kappa shape index (κ1) is 10.3. The molecule has 3 rings (SSSR count). The molecule has 1 heterocycles. The summed E-state index contributed by atoms with van der Waals surface area (Å²) in [7, 11) is 0. The Bertz CT molecular complexity index is 333. The quantitative estimate of drug-likeness (QED) is 0.762. The highest BCUT2D eigenvalue weighted by molar-refractivity contribution is 5.01. The third-order valence-electron chi connectivity index (χ3n) is 4.01. The monoisotopic (exact) mass is 219 g/mol. The van der Waals surface area contributed by atoms with E-state index in [4.69, 9.17) is 0 Å². The van der Waals surface area contributed by atoms with E-state index in [2.05, 4.69) is 14.8 Å². The second-order valence-electron chi connectivity index (χ2n) is 5.37. The van der Waals surface area contributed by atoms with Crippen molar-refractivity contribution < 1.29 is 0 Å². The fraction of sp³-hybridized carbons (Fsp3) is 0.846. The summed E-state index contributed by atoms with van der Waals surface area (Å²) in [5.74, 6) is 1.97. The van der Waals surface area contributed by atoms with Crippen LogP contribution >= 0.6 is 0 Å². The molecule has 88 valence electrons. The largest absolute Gasteiger partial charge is 0.314 e. The van der Waals surface area contributed by atoms with Crippen LogP contribution in [0, 0.1) is 0 Å². The minimum Gasteiger partial charge on any atom is -0.314 e. The van der Waals surface area contributed by atoms with Crippen molar-refractivity contribution in [3.63, 3.8) is 0 Å². The van der Waals surface area contributed by atoms with E-state index in [9.17, 15) is 0 Å². The zero-order valence-electron chi connectivity index (χ0n) is 9.94. The number of rotatable bonds is 2. The van der Waals surface area contributed by atoms with Gasteiger partial charge in [-0.25, -0.2) is 0 Å². The standard InChI is InChI=1S/C13H21N3/c1-2-4-6-11(7-5-3-1)13-15-14-10-16(13)12-8-9-12/h10-12H,1-9H2. The smallest absolute Gasteiger partial charge is 0.136 e. The SMILES string of the molecule is c1nnc(C2CCCCCCC2)n1C1CC1. The molecule has 0 atom stereocenters. The Morgan fingerprint density at radius 2 is 1.62 bits per heavy atom. The normalized spacial score (nSPS) is 24.0. The number of hydrogen-bond acceptors (Lipinski definition) is 2. The van der Waals surface area contributed by atoms with Crippen LogP contribution in [-0.4, -0.2) is 14.8 Å². The maximum Gasteiger partial charge on any atom is 0.136 e. The van der Waals surface area contributed by atoms with E-state index >= 15 is 0 Å². The zero-order valence-corrected chi connectivity index (χ0v) is 9.94. The van der Waals surface area contributed by atoms with Crippen LogP contribution in [0.4, 0.5) is 0 Å². The first-order chi connectivity index (χ1) is 7.95. The highest BCUT2D eigenvalue weighted by atomic mass is 15.3. The van der Waals surface area contributed by atoms with Gasteiger partial charge in [0.2, 0.25) is 0 Å². The lowest BCUT2D eigenvalue weighted by Crippen LogP contribution is -2.09. The molecule has 1 aromatic heterocycles. The summed E-state index contributed by atoms with van der Waals surface area (Å²) < 4.78 is 2.35. The van der Waals surface area contributed by atoms with Crippen LogP contribution in [0.2, 0.25) is 0 Å². The van der Waals surface area contributed by atoms with Crippen LogP contribution in [-0.2, 0) is 0 Å². The van der Waals surface area contributed by atoms with E-state index in [1.165, 1.54) is 63.6 Å². The Hall–Kier alpha value is -0.860. The van der Waals surface area contributed by atoms with Crippen LogP contribution in [0.15, 0.2) is 6.33 Å². The lowest BCUT2D eigenvalue weighted by atomic mass is 9.90. The molecule has 2 aliphatic carbocycles. The number of hydrogen-bond donors (Lipinski definition) is 0. The predicted octanol–water partition coefficient (Wildman–Crippen LogP) is 3.44. The van der Waals surface area contributed by atoms with Crippen molar-refractivity contribution in [3.05, 3.63) is 12.2 Å². The summed E-state index contributed by atoms with van der Waals surface area (Å²) in [5.41, 5.74) is 0. The van der Waals surface area contributed by atoms with Crippen LogP contribution in [0.25, 0.3) is 0 Å². The molecule has 2 aliphatic rings. The molecular weight excluding hydrogens is 198 g/mol. The van der Waals surface area contributed by atoms with E-state index in [-0.39, 0.29) is 0 Å². The molecule has 0 unspecified atom stereocenters. The second kappa shape index (κ2) is 4.56. The molecule has 0 N–H and O–H groups in total. The van der Waals surface area contributed by atoms with Gasteiger partial charge in [0, 0.05) is 12.0 Å². The second-order valence-corrected chi connectivity index (χ2v) is 5.37. The average molecular weight is 219 g/mol. The number of aromatic nitrogens is 3. The minimum atomic E-state index is 0.684. The van der Waals surface area contributed by atoms with Crippen molar-refractivity contribution in [2.45, 2.75) is 69.7 Å². The summed E-state index contributed by atoms with van der Waals surface area (Å²) in [6.45, 7) is 0. The van der Waals surface area contributed by atoms with Crippen LogP contribution < -0.4 is 0 Å². The first-order valence-electron chi connectivity index (χ1n) is 6.84. The Morgan fingerprint density at radius 3 is 2.31 bits per heavy atom. The van der Waals surface area contributed by atoms with Gasteiger partial charge in [0.05, 0.1) is 0 Å². The molecule has 0 saturated heterocycles. The van der Waals surface area contributed by atoms with Gasteiger partial charge in [-0.15, -0.1) is 10.2 Å². The van der Waals surface area contributed by atoms with E-state index in [1.54, 1.807) is 0 Å². The van der Waals surface area contributed by atoms with E-state index in [0.29, 0.717) is 5.92 Å². The van der Waals surface area contributed by atoms with Crippen molar-refractivity contribution in [1.29, 1.82) is 0 Å². The molecule has 3 nitrogen and oxygen atoms in total. The molecule has 0 amide bonds. The summed E-state index contributed by atoms with van der Waals surface area (Å²) in [5, 5.41) is 8.51. The summed E-state index contributed by atoms with van der Waals surface area (Å²) in [6.07, 6.45) is 14.3. The molecule has 0 bridgehead atoms. The van der Waals surface area contributed by atoms with Crippen molar-refractivity contribution >= 4 is 0 Å². The van der Waals surface area contributed by atoms with Crippen LogP contribution in [0.3, 0.4) is 0 Å². The van der Waals surface area contributed by atoms with Crippen LogP contribution in [0.1, 0.15) is 75.6 Å². The highest BCUT2D eigenvalue weighted by Gasteiger charge is 2.29. The van der Waals surface area contributed by atoms with Crippen LogP contribution in [0.5, 0.6) is 0 Å². The van der Waals surface area contributed by atoms with Gasteiger partial charge >= 0.3 is 0 Å². The topological polar surface area (TPSA) is 30.7 Å². The average Bonchev–Trinajstić information content (AvgIpc) is 2.97. The van der Waals surface area contributed by atoms with Gasteiger partial charge in [-0.05, 0) is 25.7 Å². The van der Waals surface area contributed by atoms with E-state index < -0.39 is 0 Å². The van der Waals surface area contributed by atoms with Gasteiger partial charge in [0.1, 0.15) is 12.2 Å². The third-order valence-corrected chi connectivity index (χ3v) is 4.01. The van der Waals surface area contributed by atoms with Gasteiger partial charge in [0.15, 0.2) is 0 Å². The maximum absolute atomic E-state index is 4.39. The third kappa shape index (κ3) is 2.13. The first-order valence-corrected chi connectivity index (χ1v) is 6.84. The molecule has 3 heteroatoms. The molecule has 2 saturated carbocycles. The zero-order chi connectivity index (χ0) is 10.8. The van der Waals surface area contributed by atoms with Gasteiger partial charge < -0.3 is 4.57 Å². The maximum atomic E-state index is 4.39. The Balaban J connectivity index is 1.75. The molecule has 16 heavy (non-hydrogen) atoms. The Kier molecular flexibility index (Phi) is 2.94. The van der Waals surface area contributed by atoms with E-state index in [0.717, 1.165) is 6.04 Å². The molecule has 1 aromatic rings. The number of nitrogens with zero attached hydrogens (tertiary/aromatic N) is 3. The van der Waals surface area contributed by atoms with E-state index in [1.807, 2.05) is 6.33 Å². The molecule has 0 spiro atoms. The van der Waals surface area contributed by atoms with Crippen molar-refractivity contribution in [2.24, 2.45) is 0 Å². The lowest BCUT2D eigenvalue weighted by molar-refractivity contribution is 0.429. The highest BCUT2D eigenvalue weighted by Crippen LogP contribution is 2.38. The summed E-state index contributed by atoms with van der Waals surface area (Å²) in [6, 6.07) is 0.732. The lowest BCUT2D eigenvalue weighted by Gasteiger charge is -2.19. The van der Waals surface area contributed by atoms with Gasteiger partial charge in [-0.2, -0.15) is 0 Å².